The zero-order valence-corrected chi connectivity index (χ0v) is 10.6. The molecule has 0 spiro atoms. The Bertz CT molecular complexity index is 91.7. The van der Waals surface area contributed by atoms with Crippen LogP contribution in [0.3, 0.4) is 0 Å². The van der Waals surface area contributed by atoms with E-state index in [0.29, 0.717) is 12.7 Å². The Hall–Kier alpha value is 0.0969. The molecule has 0 aliphatic rings. The van der Waals surface area contributed by atoms with Crippen LogP contribution >= 0.6 is 20.4 Å². The van der Waals surface area contributed by atoms with E-state index < -0.39 is 10.2 Å². The Balaban J connectivity index is -0.0000000389. The van der Waals surface area contributed by atoms with Gasteiger partial charge in [0.1, 0.15) is 0 Å². The van der Waals surface area contributed by atoms with Crippen LogP contribution in [0.25, 0.3) is 0 Å². The molecule has 0 fully saturated rings. The van der Waals surface area contributed by atoms with Crippen LogP contribution in [-0.4, -0.2) is 10.2 Å². The Morgan fingerprint density at radius 3 is 0.917 bits per heavy atom. The second kappa shape index (κ2) is 22.5. The van der Waals surface area contributed by atoms with E-state index in [9.17, 15) is 0 Å². The molecule has 12 heteroatoms. The number of nitrogens with zero attached hydrogens (tertiary/aromatic N) is 2. The van der Waals surface area contributed by atoms with Crippen molar-refractivity contribution < 1.29 is 42.3 Å². The zero-order valence-electron chi connectivity index (χ0n) is 5.12. The minimum absolute atomic E-state index is 0. The predicted molar refractivity (Wildman–Crippen MR) is 32.4 cm³/mol. The first-order chi connectivity index (χ1) is 4.88. The Morgan fingerprint density at radius 1 is 0.917 bits per heavy atom. The van der Waals surface area contributed by atoms with Crippen molar-refractivity contribution in [1.29, 1.82) is 0 Å². The van der Waals surface area contributed by atoms with Gasteiger partial charge in [-0.15, -0.1) is 0 Å². The molecule has 72 valence electrons. The van der Waals surface area contributed by atoms with Crippen molar-refractivity contribution in [1.82, 2.24) is 0 Å². The van der Waals surface area contributed by atoms with E-state index in [2.05, 4.69) is 0 Å². The Labute approximate surface area is 93.2 Å². The van der Waals surface area contributed by atoms with Gasteiger partial charge in [0.15, 0.2) is 0 Å². The van der Waals surface area contributed by atoms with Crippen LogP contribution in [-0.2, 0) is 32.1 Å². The summed E-state index contributed by atoms with van der Waals surface area (Å²) in [5.74, 6) is 0. The molecule has 0 aliphatic carbocycles. The molecular weight excluding hydrogens is 319 g/mol. The van der Waals surface area contributed by atoms with E-state index >= 15 is 0 Å². The molecule has 0 rings (SSSR count). The SMILES string of the molecule is O=[N+]([O-])[O-].O=[N+]([O-])[O-].[Cl][Ni][Cl].[Zn+2]. The topological polar surface area (TPSA) is 132 Å². The van der Waals surface area contributed by atoms with Gasteiger partial charge in [-0.05, 0) is 0 Å². The van der Waals surface area contributed by atoms with Crippen molar-refractivity contribution in [3.63, 3.8) is 0 Å². The van der Waals surface area contributed by atoms with E-state index in [-0.39, 0.29) is 19.5 Å². The third-order valence-electron chi connectivity index (χ3n) is 0. The molecule has 0 saturated heterocycles. The molecule has 0 amide bonds. The molecule has 0 N–H and O–H groups in total. The van der Waals surface area contributed by atoms with Crippen molar-refractivity contribution in [3.8, 4) is 0 Å². The van der Waals surface area contributed by atoms with E-state index in [1.54, 1.807) is 0 Å². The zero-order chi connectivity index (χ0) is 9.86. The third-order valence-corrected chi connectivity index (χ3v) is 0. The summed E-state index contributed by atoms with van der Waals surface area (Å²) >= 11 is 0.569. The van der Waals surface area contributed by atoms with Crippen LogP contribution in [0.5, 0.6) is 0 Å². The number of halogens is 2. The smallest absolute Gasteiger partial charge is 2.00 e. The molecule has 0 heterocycles. The first kappa shape index (κ1) is 22.7. The fourth-order valence-corrected chi connectivity index (χ4v) is 0. The second-order valence-electron chi connectivity index (χ2n) is 0.492. The van der Waals surface area contributed by atoms with Crippen LogP contribution in [0.1, 0.15) is 0 Å². The molecule has 0 saturated carbocycles. The summed E-state index contributed by atoms with van der Waals surface area (Å²) < 4.78 is 0. The van der Waals surface area contributed by atoms with Gasteiger partial charge >= 0.3 is 52.5 Å². The van der Waals surface area contributed by atoms with Crippen molar-refractivity contribution in [3.05, 3.63) is 30.6 Å². The Kier molecular flexibility index (Phi) is 42.5. The van der Waals surface area contributed by atoms with Crippen LogP contribution in [0.15, 0.2) is 0 Å². The van der Waals surface area contributed by atoms with Crippen LogP contribution < -0.4 is 0 Å². The fraction of sp³-hybridized carbons (Fsp3) is 0. The van der Waals surface area contributed by atoms with Gasteiger partial charge in [0.05, 0.1) is 10.2 Å². The normalized spacial score (nSPS) is 5.83. The Morgan fingerprint density at radius 2 is 0.917 bits per heavy atom. The minimum atomic E-state index is -1.75. The van der Waals surface area contributed by atoms with Crippen LogP contribution in [0.4, 0.5) is 0 Å². The minimum Gasteiger partial charge on any atom is 2.00 e. The van der Waals surface area contributed by atoms with Gasteiger partial charge in [-0.3, -0.25) is 0 Å². The van der Waals surface area contributed by atoms with Gasteiger partial charge in [-0.2, -0.15) is 0 Å². The summed E-state index contributed by atoms with van der Waals surface area (Å²) in [5.41, 5.74) is 0. The maximum Gasteiger partial charge on any atom is 2.00 e. The average molecular weight is 319 g/mol. The molecule has 0 aromatic rings. The van der Waals surface area contributed by atoms with Gasteiger partial charge in [-0.1, -0.05) is 0 Å². The molecule has 0 atom stereocenters. The summed E-state index contributed by atoms with van der Waals surface area (Å²) in [5, 5.41) is 29.5. The van der Waals surface area contributed by atoms with E-state index in [1.165, 1.54) is 0 Å². The largest absolute Gasteiger partial charge is 2.00 e. The maximum absolute atomic E-state index is 8.25. The molecular formula is Cl2N2NiO6Zn. The maximum atomic E-state index is 8.25. The summed E-state index contributed by atoms with van der Waals surface area (Å²) in [7, 11) is 9.40. The fourth-order valence-electron chi connectivity index (χ4n) is 0. The number of hydrogen-bond donors (Lipinski definition) is 0. The van der Waals surface area contributed by atoms with Crippen molar-refractivity contribution >= 4 is 20.4 Å². The summed E-state index contributed by atoms with van der Waals surface area (Å²) in [6, 6.07) is 0. The molecule has 0 aromatic carbocycles. The van der Waals surface area contributed by atoms with E-state index in [4.69, 9.17) is 51.0 Å². The van der Waals surface area contributed by atoms with Gasteiger partial charge in [0.2, 0.25) is 0 Å². The summed E-state index contributed by atoms with van der Waals surface area (Å²) in [6.07, 6.45) is 0. The van der Waals surface area contributed by atoms with Gasteiger partial charge < -0.3 is 30.6 Å². The van der Waals surface area contributed by atoms with Crippen molar-refractivity contribution in [2.24, 2.45) is 0 Å². The number of hydrogen-bond acceptors (Lipinski definition) is 6. The van der Waals surface area contributed by atoms with E-state index in [1.807, 2.05) is 0 Å². The number of rotatable bonds is 0. The molecule has 8 nitrogen and oxygen atoms in total. The van der Waals surface area contributed by atoms with Gasteiger partial charge in [0.25, 0.3) is 0 Å². The first-order valence-corrected chi connectivity index (χ1v) is 4.05. The predicted octanol–water partition coefficient (Wildman–Crippen LogP) is 0.896. The standard InChI is InChI=1S/2ClH.2NO3.Ni.Zn/c;;2*2-1(3)4;;/h2*1H;;;;/q;;2*-1;2*+2/p-2. The molecule has 0 aliphatic heterocycles. The van der Waals surface area contributed by atoms with Gasteiger partial charge in [0, 0.05) is 0 Å². The molecule has 0 aromatic heterocycles. The summed E-state index contributed by atoms with van der Waals surface area (Å²) in [4.78, 5) is 16.5. The van der Waals surface area contributed by atoms with Crippen LogP contribution in [0, 0.1) is 30.6 Å². The molecule has 0 bridgehead atoms. The third kappa shape index (κ3) is 89000. The first-order valence-electron chi connectivity index (χ1n) is 1.33. The van der Waals surface area contributed by atoms with Crippen molar-refractivity contribution in [2.75, 3.05) is 0 Å². The molecule has 0 radical (unpaired) electrons. The van der Waals surface area contributed by atoms with E-state index in [0.717, 1.165) is 0 Å². The van der Waals surface area contributed by atoms with Crippen molar-refractivity contribution in [2.45, 2.75) is 0 Å². The van der Waals surface area contributed by atoms with Crippen LogP contribution in [0.2, 0.25) is 0 Å². The monoisotopic (exact) mass is 316 g/mol. The quantitative estimate of drug-likeness (QED) is 0.370. The average Bonchev–Trinajstić information content (AvgIpc) is 1.60. The van der Waals surface area contributed by atoms with Gasteiger partial charge in [-0.25, -0.2) is 0 Å². The molecule has 0 unspecified atom stereocenters. The molecule has 12 heavy (non-hydrogen) atoms. The second-order valence-corrected chi connectivity index (χ2v) is 2.12. The summed E-state index contributed by atoms with van der Waals surface area (Å²) in [6.45, 7) is 0.